The highest BCUT2D eigenvalue weighted by molar-refractivity contribution is 9.10. The molecule has 2 aromatic carbocycles. The van der Waals surface area contributed by atoms with Gasteiger partial charge in [0.05, 0.1) is 6.42 Å². The first kappa shape index (κ1) is 14.5. The van der Waals surface area contributed by atoms with Gasteiger partial charge in [0.15, 0.2) is 0 Å². The highest BCUT2D eigenvalue weighted by Gasteiger charge is 2.09. The van der Waals surface area contributed by atoms with Crippen molar-refractivity contribution in [1.82, 2.24) is 4.98 Å². The first-order valence-corrected chi connectivity index (χ1v) is 7.57. The van der Waals surface area contributed by atoms with Crippen LogP contribution in [0.2, 0.25) is 0 Å². The van der Waals surface area contributed by atoms with Gasteiger partial charge in [-0.05, 0) is 35.7 Å². The molecule has 0 saturated heterocycles. The zero-order valence-corrected chi connectivity index (χ0v) is 13.2. The SMILES string of the molecule is O=C(Cc1cc2ccccc2[nH]c1=O)Nc1cccc(Br)c1. The molecule has 5 heteroatoms. The summed E-state index contributed by atoms with van der Waals surface area (Å²) in [7, 11) is 0. The molecular weight excluding hydrogens is 344 g/mol. The molecule has 0 fully saturated rings. The molecule has 4 nitrogen and oxygen atoms in total. The largest absolute Gasteiger partial charge is 0.326 e. The van der Waals surface area contributed by atoms with E-state index in [1.807, 2.05) is 42.5 Å². The van der Waals surface area contributed by atoms with Gasteiger partial charge in [-0.25, -0.2) is 0 Å². The number of fused-ring (bicyclic) bond motifs is 1. The zero-order valence-electron chi connectivity index (χ0n) is 11.6. The summed E-state index contributed by atoms with van der Waals surface area (Å²) in [6.45, 7) is 0. The molecule has 2 N–H and O–H groups in total. The van der Waals surface area contributed by atoms with Gasteiger partial charge < -0.3 is 10.3 Å². The summed E-state index contributed by atoms with van der Waals surface area (Å²) in [6, 6.07) is 16.6. The number of carbonyl (C=O) groups excluding carboxylic acids is 1. The number of hydrogen-bond donors (Lipinski definition) is 2. The maximum atomic E-state index is 12.1. The molecule has 110 valence electrons. The second-order valence-electron chi connectivity index (χ2n) is 4.95. The zero-order chi connectivity index (χ0) is 15.5. The number of H-pyrrole nitrogens is 1. The van der Waals surface area contributed by atoms with Crippen LogP contribution in [0.4, 0.5) is 5.69 Å². The molecule has 1 heterocycles. The fraction of sp³-hybridized carbons (Fsp3) is 0.0588. The van der Waals surface area contributed by atoms with E-state index in [4.69, 9.17) is 0 Å². The summed E-state index contributed by atoms with van der Waals surface area (Å²) in [5, 5.41) is 3.69. The van der Waals surface area contributed by atoms with Crippen LogP contribution < -0.4 is 10.9 Å². The number of hydrogen-bond acceptors (Lipinski definition) is 2. The Labute approximate surface area is 135 Å². The van der Waals surface area contributed by atoms with E-state index in [1.54, 1.807) is 12.1 Å². The average Bonchev–Trinajstić information content (AvgIpc) is 2.48. The number of amides is 1. The van der Waals surface area contributed by atoms with Gasteiger partial charge in [0.25, 0.3) is 5.56 Å². The van der Waals surface area contributed by atoms with Crippen molar-refractivity contribution in [3.63, 3.8) is 0 Å². The highest BCUT2D eigenvalue weighted by atomic mass is 79.9. The number of rotatable bonds is 3. The lowest BCUT2D eigenvalue weighted by atomic mass is 10.1. The lowest BCUT2D eigenvalue weighted by Crippen LogP contribution is -2.21. The predicted molar refractivity (Wildman–Crippen MR) is 91.0 cm³/mol. The topological polar surface area (TPSA) is 62.0 Å². The van der Waals surface area contributed by atoms with Crippen molar-refractivity contribution in [1.29, 1.82) is 0 Å². The lowest BCUT2D eigenvalue weighted by molar-refractivity contribution is -0.115. The number of nitrogens with one attached hydrogen (secondary N) is 2. The number of aromatic nitrogens is 1. The Bertz CT molecular complexity index is 902. The van der Waals surface area contributed by atoms with Crippen LogP contribution in [0.25, 0.3) is 10.9 Å². The molecule has 0 aliphatic carbocycles. The third-order valence-electron chi connectivity index (χ3n) is 3.29. The third-order valence-corrected chi connectivity index (χ3v) is 3.78. The summed E-state index contributed by atoms with van der Waals surface area (Å²) in [4.78, 5) is 26.9. The normalized spacial score (nSPS) is 10.6. The molecule has 0 unspecified atom stereocenters. The van der Waals surface area contributed by atoms with Gasteiger partial charge in [-0.15, -0.1) is 0 Å². The molecule has 0 aliphatic rings. The van der Waals surface area contributed by atoms with Crippen LogP contribution in [0, 0.1) is 0 Å². The van der Waals surface area contributed by atoms with Crippen molar-refractivity contribution < 1.29 is 4.79 Å². The van der Waals surface area contributed by atoms with Gasteiger partial charge in [-0.3, -0.25) is 9.59 Å². The molecule has 3 rings (SSSR count). The van der Waals surface area contributed by atoms with E-state index in [9.17, 15) is 9.59 Å². The first-order chi connectivity index (χ1) is 10.6. The number of anilines is 1. The van der Waals surface area contributed by atoms with Crippen LogP contribution >= 0.6 is 15.9 Å². The van der Waals surface area contributed by atoms with Crippen molar-refractivity contribution in [3.8, 4) is 0 Å². The summed E-state index contributed by atoms with van der Waals surface area (Å²) in [5.41, 5.74) is 1.68. The molecule has 3 aromatic rings. The maximum Gasteiger partial charge on any atom is 0.252 e. The van der Waals surface area contributed by atoms with Crippen LogP contribution in [-0.2, 0) is 11.2 Å². The van der Waals surface area contributed by atoms with Crippen molar-refractivity contribution in [3.05, 3.63) is 75.0 Å². The minimum absolute atomic E-state index is 0.0344. The standard InChI is InChI=1S/C17H13BrN2O2/c18-13-5-3-6-14(10-13)19-16(21)9-12-8-11-4-1-2-7-15(11)20-17(12)22/h1-8,10H,9H2,(H,19,21)(H,20,22). The minimum Gasteiger partial charge on any atom is -0.326 e. The quantitative estimate of drug-likeness (QED) is 0.754. The predicted octanol–water partition coefficient (Wildman–Crippen LogP) is 3.47. The first-order valence-electron chi connectivity index (χ1n) is 6.78. The lowest BCUT2D eigenvalue weighted by Gasteiger charge is -2.06. The van der Waals surface area contributed by atoms with Gasteiger partial charge in [-0.1, -0.05) is 40.2 Å². The van der Waals surface area contributed by atoms with Gasteiger partial charge in [0.1, 0.15) is 0 Å². The molecular formula is C17H13BrN2O2. The molecule has 0 radical (unpaired) electrons. The fourth-order valence-corrected chi connectivity index (χ4v) is 2.67. The van der Waals surface area contributed by atoms with Crippen molar-refractivity contribution >= 4 is 38.4 Å². The number of pyridine rings is 1. The Kier molecular flexibility index (Phi) is 4.06. The Morgan fingerprint density at radius 3 is 2.73 bits per heavy atom. The second kappa shape index (κ2) is 6.15. The van der Waals surface area contributed by atoms with E-state index in [1.165, 1.54) is 0 Å². The maximum absolute atomic E-state index is 12.1. The van der Waals surface area contributed by atoms with Crippen LogP contribution in [-0.4, -0.2) is 10.9 Å². The number of para-hydroxylation sites is 1. The van der Waals surface area contributed by atoms with Crippen LogP contribution in [0.5, 0.6) is 0 Å². The Morgan fingerprint density at radius 2 is 1.91 bits per heavy atom. The molecule has 0 atom stereocenters. The highest BCUT2D eigenvalue weighted by Crippen LogP contribution is 2.16. The smallest absolute Gasteiger partial charge is 0.252 e. The van der Waals surface area contributed by atoms with Gasteiger partial charge in [-0.2, -0.15) is 0 Å². The van der Waals surface area contributed by atoms with E-state index in [-0.39, 0.29) is 17.9 Å². The fourth-order valence-electron chi connectivity index (χ4n) is 2.27. The van der Waals surface area contributed by atoms with Gasteiger partial charge >= 0.3 is 0 Å². The van der Waals surface area contributed by atoms with E-state index >= 15 is 0 Å². The summed E-state index contributed by atoms with van der Waals surface area (Å²) in [6.07, 6.45) is 0.0344. The van der Waals surface area contributed by atoms with Gasteiger partial charge in [0.2, 0.25) is 5.91 Å². The third kappa shape index (κ3) is 3.26. The van der Waals surface area contributed by atoms with E-state index < -0.39 is 0 Å². The Balaban J connectivity index is 1.82. The minimum atomic E-state index is -0.233. The number of aromatic amines is 1. The van der Waals surface area contributed by atoms with Crippen LogP contribution in [0.1, 0.15) is 5.56 Å². The van der Waals surface area contributed by atoms with Crippen LogP contribution in [0.15, 0.2) is 63.9 Å². The molecule has 0 spiro atoms. The average molecular weight is 357 g/mol. The van der Waals surface area contributed by atoms with Crippen molar-refractivity contribution in [2.24, 2.45) is 0 Å². The number of carbonyl (C=O) groups is 1. The summed E-state index contributed by atoms with van der Waals surface area (Å²) < 4.78 is 0.883. The van der Waals surface area contributed by atoms with Crippen molar-refractivity contribution in [2.75, 3.05) is 5.32 Å². The van der Waals surface area contributed by atoms with E-state index in [0.29, 0.717) is 11.3 Å². The molecule has 0 saturated carbocycles. The Morgan fingerprint density at radius 1 is 1.09 bits per heavy atom. The van der Waals surface area contributed by atoms with E-state index in [2.05, 4.69) is 26.2 Å². The second-order valence-corrected chi connectivity index (χ2v) is 5.86. The molecule has 0 bridgehead atoms. The molecule has 1 amide bonds. The molecule has 1 aromatic heterocycles. The number of benzene rings is 2. The van der Waals surface area contributed by atoms with Gasteiger partial charge in [0, 0.05) is 21.2 Å². The Hall–Kier alpha value is -2.40. The van der Waals surface area contributed by atoms with E-state index in [0.717, 1.165) is 15.4 Å². The summed E-state index contributed by atoms with van der Waals surface area (Å²) in [5.74, 6) is -0.223. The molecule has 0 aliphatic heterocycles. The monoisotopic (exact) mass is 356 g/mol. The summed E-state index contributed by atoms with van der Waals surface area (Å²) >= 11 is 3.35. The van der Waals surface area contributed by atoms with Crippen molar-refractivity contribution in [2.45, 2.75) is 6.42 Å². The number of halogens is 1. The molecule has 22 heavy (non-hydrogen) atoms. The van der Waals surface area contributed by atoms with Crippen LogP contribution in [0.3, 0.4) is 0 Å².